The third kappa shape index (κ3) is 2.73. The third-order valence-electron chi connectivity index (χ3n) is 3.36. The second-order valence-electron chi connectivity index (χ2n) is 4.80. The minimum absolute atomic E-state index is 0.210. The predicted octanol–water partition coefficient (Wildman–Crippen LogP) is 4.18. The number of carbonyl (C=O) groups is 1. The van der Waals surface area contributed by atoms with Crippen molar-refractivity contribution in [1.82, 2.24) is 4.98 Å². The van der Waals surface area contributed by atoms with E-state index in [0.717, 1.165) is 16.5 Å². The lowest BCUT2D eigenvalue weighted by molar-refractivity contribution is 0.0697. The van der Waals surface area contributed by atoms with Crippen molar-refractivity contribution in [3.63, 3.8) is 0 Å². The van der Waals surface area contributed by atoms with Crippen LogP contribution >= 0.6 is 11.6 Å². The summed E-state index contributed by atoms with van der Waals surface area (Å²) in [5.41, 5.74) is 2.89. The normalized spacial score (nSPS) is 10.7. The van der Waals surface area contributed by atoms with Gasteiger partial charge in [0.15, 0.2) is 0 Å². The third-order valence-corrected chi connectivity index (χ3v) is 3.81. The van der Waals surface area contributed by atoms with Crippen molar-refractivity contribution in [1.29, 1.82) is 0 Å². The second kappa shape index (κ2) is 5.54. The Kier molecular flexibility index (Phi) is 3.59. The average molecular weight is 298 g/mol. The molecular weight excluding hydrogens is 286 g/mol. The number of aromatic carboxylic acids is 1. The minimum Gasteiger partial charge on any atom is -0.478 e. The van der Waals surface area contributed by atoms with Crippen LogP contribution in [-0.2, 0) is 6.42 Å². The zero-order valence-electron chi connectivity index (χ0n) is 11.1. The van der Waals surface area contributed by atoms with Gasteiger partial charge in [0.2, 0.25) is 0 Å². The molecule has 1 N–H and O–H groups in total. The molecule has 0 aliphatic carbocycles. The van der Waals surface area contributed by atoms with E-state index in [1.807, 2.05) is 30.3 Å². The van der Waals surface area contributed by atoms with Crippen LogP contribution in [0.5, 0.6) is 0 Å². The number of rotatable bonds is 3. The summed E-state index contributed by atoms with van der Waals surface area (Å²) in [4.78, 5) is 15.3. The summed E-state index contributed by atoms with van der Waals surface area (Å²) in [5, 5.41) is 10.4. The van der Waals surface area contributed by atoms with Crippen molar-refractivity contribution in [3.05, 3.63) is 76.4 Å². The Balaban J connectivity index is 2.04. The highest BCUT2D eigenvalue weighted by atomic mass is 35.5. The molecule has 0 unspecified atom stereocenters. The Bertz CT molecular complexity index is 816. The van der Waals surface area contributed by atoms with E-state index in [4.69, 9.17) is 16.7 Å². The maximum atomic E-state index is 11.0. The summed E-state index contributed by atoms with van der Waals surface area (Å²) < 4.78 is 0. The zero-order valence-corrected chi connectivity index (χ0v) is 11.8. The molecule has 0 aliphatic rings. The Labute approximate surface area is 126 Å². The molecule has 0 spiro atoms. The van der Waals surface area contributed by atoms with Crippen LogP contribution in [0.25, 0.3) is 10.9 Å². The largest absolute Gasteiger partial charge is 0.478 e. The number of benzene rings is 2. The molecular formula is C17H12ClNO2. The van der Waals surface area contributed by atoms with Gasteiger partial charge in [-0.3, -0.25) is 4.98 Å². The van der Waals surface area contributed by atoms with Crippen LogP contribution < -0.4 is 0 Å². The first-order valence-corrected chi connectivity index (χ1v) is 6.87. The zero-order chi connectivity index (χ0) is 14.8. The van der Waals surface area contributed by atoms with Crippen molar-refractivity contribution >= 4 is 28.5 Å². The fourth-order valence-corrected chi connectivity index (χ4v) is 2.55. The van der Waals surface area contributed by atoms with Crippen molar-refractivity contribution in [2.24, 2.45) is 0 Å². The number of hydrogen-bond donors (Lipinski definition) is 1. The molecule has 0 radical (unpaired) electrons. The van der Waals surface area contributed by atoms with Gasteiger partial charge >= 0.3 is 5.97 Å². The second-order valence-corrected chi connectivity index (χ2v) is 5.17. The molecule has 1 heterocycles. The Morgan fingerprint density at radius 1 is 1.14 bits per heavy atom. The van der Waals surface area contributed by atoms with Crippen LogP contribution in [0.15, 0.2) is 54.7 Å². The van der Waals surface area contributed by atoms with Gasteiger partial charge in [0.05, 0.1) is 16.1 Å². The number of pyridine rings is 1. The monoisotopic (exact) mass is 297 g/mol. The number of halogens is 1. The van der Waals surface area contributed by atoms with Gasteiger partial charge in [0, 0.05) is 18.0 Å². The highest BCUT2D eigenvalue weighted by molar-refractivity contribution is 6.36. The van der Waals surface area contributed by atoms with Gasteiger partial charge in [-0.2, -0.15) is 0 Å². The average Bonchev–Trinajstić information content (AvgIpc) is 2.51. The molecule has 0 bridgehead atoms. The molecule has 2 aromatic carbocycles. The van der Waals surface area contributed by atoms with Crippen LogP contribution in [0.4, 0.5) is 0 Å². The number of carboxylic acids is 1. The molecule has 21 heavy (non-hydrogen) atoms. The lowest BCUT2D eigenvalue weighted by atomic mass is 10.0. The SMILES string of the molecule is O=C(O)c1ccc2c(Cl)c(Cc3ccccc3)cnc2c1. The van der Waals surface area contributed by atoms with Crippen LogP contribution in [0.1, 0.15) is 21.5 Å². The highest BCUT2D eigenvalue weighted by Crippen LogP contribution is 2.28. The van der Waals surface area contributed by atoms with Crippen molar-refractivity contribution in [2.45, 2.75) is 6.42 Å². The van der Waals surface area contributed by atoms with E-state index in [1.54, 1.807) is 18.3 Å². The number of carboxylic acid groups (broad SMARTS) is 1. The van der Waals surface area contributed by atoms with Crippen LogP contribution in [0, 0.1) is 0 Å². The van der Waals surface area contributed by atoms with Crippen molar-refractivity contribution < 1.29 is 9.90 Å². The van der Waals surface area contributed by atoms with E-state index < -0.39 is 5.97 Å². The molecule has 0 amide bonds. The number of hydrogen-bond acceptors (Lipinski definition) is 2. The van der Waals surface area contributed by atoms with Crippen LogP contribution in [0.2, 0.25) is 5.02 Å². The lowest BCUT2D eigenvalue weighted by Crippen LogP contribution is -1.97. The molecule has 0 aliphatic heterocycles. The number of fused-ring (bicyclic) bond motifs is 1. The summed E-state index contributed by atoms with van der Waals surface area (Å²) in [7, 11) is 0. The molecule has 3 aromatic rings. The molecule has 3 nitrogen and oxygen atoms in total. The van der Waals surface area contributed by atoms with E-state index in [0.29, 0.717) is 17.0 Å². The van der Waals surface area contributed by atoms with Crippen LogP contribution in [-0.4, -0.2) is 16.1 Å². The fraction of sp³-hybridized carbons (Fsp3) is 0.0588. The maximum absolute atomic E-state index is 11.0. The Hall–Kier alpha value is -2.39. The lowest BCUT2D eigenvalue weighted by Gasteiger charge is -2.08. The van der Waals surface area contributed by atoms with Gasteiger partial charge in [0.25, 0.3) is 0 Å². The van der Waals surface area contributed by atoms with E-state index in [1.165, 1.54) is 6.07 Å². The van der Waals surface area contributed by atoms with E-state index >= 15 is 0 Å². The van der Waals surface area contributed by atoms with Gasteiger partial charge in [-0.05, 0) is 23.3 Å². The van der Waals surface area contributed by atoms with Gasteiger partial charge in [0.1, 0.15) is 0 Å². The summed E-state index contributed by atoms with van der Waals surface area (Å²) in [6.45, 7) is 0. The minimum atomic E-state index is -0.969. The summed E-state index contributed by atoms with van der Waals surface area (Å²) in [5.74, 6) is -0.969. The fourth-order valence-electron chi connectivity index (χ4n) is 2.27. The van der Waals surface area contributed by atoms with E-state index in [-0.39, 0.29) is 5.56 Å². The van der Waals surface area contributed by atoms with Crippen molar-refractivity contribution in [3.8, 4) is 0 Å². The number of nitrogens with zero attached hydrogens (tertiary/aromatic N) is 1. The topological polar surface area (TPSA) is 50.2 Å². The summed E-state index contributed by atoms with van der Waals surface area (Å²) in [6.07, 6.45) is 2.41. The van der Waals surface area contributed by atoms with Gasteiger partial charge in [-0.15, -0.1) is 0 Å². The molecule has 0 saturated heterocycles. The maximum Gasteiger partial charge on any atom is 0.335 e. The molecule has 0 saturated carbocycles. The molecule has 4 heteroatoms. The first-order chi connectivity index (χ1) is 10.1. The van der Waals surface area contributed by atoms with Crippen molar-refractivity contribution in [2.75, 3.05) is 0 Å². The molecule has 1 aromatic heterocycles. The Morgan fingerprint density at radius 3 is 2.62 bits per heavy atom. The smallest absolute Gasteiger partial charge is 0.335 e. The summed E-state index contributed by atoms with van der Waals surface area (Å²) in [6, 6.07) is 14.8. The highest BCUT2D eigenvalue weighted by Gasteiger charge is 2.10. The molecule has 3 rings (SSSR count). The van der Waals surface area contributed by atoms with E-state index in [9.17, 15) is 4.79 Å². The number of aromatic nitrogens is 1. The quantitative estimate of drug-likeness (QED) is 0.789. The van der Waals surface area contributed by atoms with Crippen LogP contribution in [0.3, 0.4) is 0 Å². The predicted molar refractivity (Wildman–Crippen MR) is 83.0 cm³/mol. The van der Waals surface area contributed by atoms with E-state index in [2.05, 4.69) is 4.98 Å². The molecule has 104 valence electrons. The van der Waals surface area contributed by atoms with Gasteiger partial charge in [-0.1, -0.05) is 48.0 Å². The van der Waals surface area contributed by atoms with Gasteiger partial charge < -0.3 is 5.11 Å². The molecule has 0 fully saturated rings. The standard InChI is InChI=1S/C17H12ClNO2/c18-16-13(8-11-4-2-1-3-5-11)10-19-15-9-12(17(20)21)6-7-14(15)16/h1-7,9-10H,8H2,(H,20,21). The Morgan fingerprint density at radius 2 is 1.90 bits per heavy atom. The first kappa shape index (κ1) is 13.6. The first-order valence-electron chi connectivity index (χ1n) is 6.49. The van der Waals surface area contributed by atoms with Gasteiger partial charge in [-0.25, -0.2) is 4.79 Å². The molecule has 0 atom stereocenters. The summed E-state index contributed by atoms with van der Waals surface area (Å²) >= 11 is 6.44.